The number of likely N-dealkylation sites (tertiary alicyclic amines) is 1. The van der Waals surface area contributed by atoms with Gasteiger partial charge in [-0.1, -0.05) is 0 Å². The molecule has 1 fully saturated rings. The summed E-state index contributed by atoms with van der Waals surface area (Å²) in [6, 6.07) is 4.20. The van der Waals surface area contributed by atoms with E-state index in [2.05, 4.69) is 19.9 Å². The van der Waals surface area contributed by atoms with E-state index in [9.17, 15) is 4.79 Å². The second-order valence-corrected chi connectivity index (χ2v) is 4.94. The number of ether oxygens (including phenoxy) is 1. The molecule has 3 heterocycles. The molecule has 6 nitrogen and oxygen atoms in total. The van der Waals surface area contributed by atoms with Gasteiger partial charge in [0.2, 0.25) is 0 Å². The fourth-order valence-electron chi connectivity index (χ4n) is 2.38. The second kappa shape index (κ2) is 6.41. The molecule has 1 saturated heterocycles. The Hall–Kier alpha value is -2.34. The van der Waals surface area contributed by atoms with E-state index in [1.807, 2.05) is 12.1 Å². The normalized spacial score (nSPS) is 18.6. The molecule has 2 aromatic heterocycles. The van der Waals surface area contributed by atoms with Crippen LogP contribution in [-0.4, -0.2) is 51.9 Å². The van der Waals surface area contributed by atoms with Gasteiger partial charge in [-0.15, -0.1) is 0 Å². The molecule has 0 radical (unpaired) electrons. The Morgan fingerprint density at radius 3 is 2.71 bits per heavy atom. The maximum atomic E-state index is 10.5. The van der Waals surface area contributed by atoms with Gasteiger partial charge in [0, 0.05) is 43.4 Å². The van der Waals surface area contributed by atoms with Crippen LogP contribution in [-0.2, 0) is 4.79 Å². The summed E-state index contributed by atoms with van der Waals surface area (Å²) in [5.41, 5.74) is 1.95. The molecule has 0 aromatic carbocycles. The molecule has 0 amide bonds. The Kier molecular flexibility index (Phi) is 4.16. The van der Waals surface area contributed by atoms with Gasteiger partial charge >= 0.3 is 6.01 Å². The highest BCUT2D eigenvalue weighted by Crippen LogP contribution is 2.19. The summed E-state index contributed by atoms with van der Waals surface area (Å²) in [7, 11) is 0. The van der Waals surface area contributed by atoms with Crippen molar-refractivity contribution >= 4 is 6.29 Å². The third-order valence-electron chi connectivity index (χ3n) is 3.48. The van der Waals surface area contributed by atoms with Crippen molar-refractivity contribution in [3.63, 3.8) is 0 Å². The zero-order valence-corrected chi connectivity index (χ0v) is 11.6. The molecule has 1 unspecified atom stereocenters. The molecular weight excluding hydrogens is 268 g/mol. The number of carbonyl (C=O) groups is 1. The minimum atomic E-state index is 0.0525. The first-order valence-electron chi connectivity index (χ1n) is 6.90. The summed E-state index contributed by atoms with van der Waals surface area (Å²) in [4.78, 5) is 25.0. The van der Waals surface area contributed by atoms with Gasteiger partial charge in [-0.2, -0.15) is 0 Å². The van der Waals surface area contributed by atoms with Crippen LogP contribution in [0.4, 0.5) is 0 Å². The van der Waals surface area contributed by atoms with Crippen LogP contribution in [0.15, 0.2) is 36.9 Å². The summed E-state index contributed by atoms with van der Waals surface area (Å²) in [5.74, 6) is 0. The van der Waals surface area contributed by atoms with Gasteiger partial charge in [0.25, 0.3) is 0 Å². The summed E-state index contributed by atoms with van der Waals surface area (Å²) >= 11 is 0. The van der Waals surface area contributed by atoms with Crippen molar-refractivity contribution in [1.29, 1.82) is 0 Å². The fourth-order valence-corrected chi connectivity index (χ4v) is 2.38. The second-order valence-electron chi connectivity index (χ2n) is 4.94. The average molecular weight is 284 g/mol. The summed E-state index contributed by atoms with van der Waals surface area (Å²) in [5, 5.41) is 0. The lowest BCUT2D eigenvalue weighted by Crippen LogP contribution is -2.26. The first kappa shape index (κ1) is 13.6. The average Bonchev–Trinajstić information content (AvgIpc) is 2.97. The quantitative estimate of drug-likeness (QED) is 0.768. The van der Waals surface area contributed by atoms with E-state index in [4.69, 9.17) is 4.74 Å². The number of aldehydes is 1. The zero-order valence-electron chi connectivity index (χ0n) is 11.6. The molecular formula is C15H16N4O2. The van der Waals surface area contributed by atoms with Crippen LogP contribution in [0.25, 0.3) is 11.1 Å². The van der Waals surface area contributed by atoms with Crippen LogP contribution in [0.2, 0.25) is 0 Å². The largest absolute Gasteiger partial charge is 0.459 e. The SMILES string of the molecule is O=CCN1CCC(Oc2ncc(-c3ccncc3)cn2)C1. The smallest absolute Gasteiger partial charge is 0.316 e. The van der Waals surface area contributed by atoms with Gasteiger partial charge in [0.05, 0.1) is 6.54 Å². The Labute approximate surface area is 122 Å². The molecule has 3 rings (SSSR count). The number of nitrogens with zero attached hydrogens (tertiary/aromatic N) is 4. The molecule has 21 heavy (non-hydrogen) atoms. The van der Waals surface area contributed by atoms with Crippen LogP contribution < -0.4 is 4.74 Å². The number of hydrogen-bond donors (Lipinski definition) is 0. The third-order valence-corrected chi connectivity index (χ3v) is 3.48. The lowest BCUT2D eigenvalue weighted by molar-refractivity contribution is -0.108. The first-order valence-corrected chi connectivity index (χ1v) is 6.90. The topological polar surface area (TPSA) is 68.2 Å². The molecule has 0 bridgehead atoms. The molecule has 2 aromatic rings. The van der Waals surface area contributed by atoms with Gasteiger partial charge in [-0.05, 0) is 24.1 Å². The van der Waals surface area contributed by atoms with Crippen molar-refractivity contribution in [2.75, 3.05) is 19.6 Å². The number of rotatable bonds is 5. The number of aromatic nitrogens is 3. The number of hydrogen-bond acceptors (Lipinski definition) is 6. The van der Waals surface area contributed by atoms with E-state index in [0.29, 0.717) is 12.6 Å². The fraction of sp³-hybridized carbons (Fsp3) is 0.333. The minimum Gasteiger partial charge on any atom is -0.459 e. The lowest BCUT2D eigenvalue weighted by atomic mass is 10.1. The van der Waals surface area contributed by atoms with Crippen LogP contribution in [0.5, 0.6) is 6.01 Å². The minimum absolute atomic E-state index is 0.0525. The van der Waals surface area contributed by atoms with Gasteiger partial charge in [0.15, 0.2) is 0 Å². The van der Waals surface area contributed by atoms with Gasteiger partial charge in [-0.3, -0.25) is 9.88 Å². The van der Waals surface area contributed by atoms with Crippen molar-refractivity contribution in [1.82, 2.24) is 19.9 Å². The molecule has 6 heteroatoms. The Morgan fingerprint density at radius 2 is 2.00 bits per heavy atom. The van der Waals surface area contributed by atoms with Crippen molar-refractivity contribution in [3.8, 4) is 17.1 Å². The standard InChI is InChI=1S/C15H16N4O2/c20-8-7-19-6-3-14(11-19)21-15-17-9-13(10-18-15)12-1-4-16-5-2-12/h1-2,4-5,8-10,14H,3,6-7,11H2. The number of carbonyl (C=O) groups excluding carboxylic acids is 1. The Balaban J connectivity index is 1.62. The highest BCUT2D eigenvalue weighted by Gasteiger charge is 2.24. The van der Waals surface area contributed by atoms with Crippen LogP contribution in [0, 0.1) is 0 Å². The molecule has 0 N–H and O–H groups in total. The van der Waals surface area contributed by atoms with Crippen LogP contribution >= 0.6 is 0 Å². The molecule has 0 spiro atoms. The summed E-state index contributed by atoms with van der Waals surface area (Å²) < 4.78 is 5.75. The summed E-state index contributed by atoms with van der Waals surface area (Å²) in [6.45, 7) is 2.08. The monoisotopic (exact) mass is 284 g/mol. The van der Waals surface area contributed by atoms with Crippen molar-refractivity contribution < 1.29 is 9.53 Å². The first-order chi connectivity index (χ1) is 10.3. The van der Waals surface area contributed by atoms with E-state index in [0.717, 1.165) is 36.9 Å². The third kappa shape index (κ3) is 3.41. The molecule has 108 valence electrons. The van der Waals surface area contributed by atoms with E-state index >= 15 is 0 Å². The highest BCUT2D eigenvalue weighted by atomic mass is 16.5. The van der Waals surface area contributed by atoms with Crippen LogP contribution in [0.3, 0.4) is 0 Å². The van der Waals surface area contributed by atoms with E-state index in [1.165, 1.54) is 0 Å². The number of pyridine rings is 1. The predicted molar refractivity (Wildman–Crippen MR) is 76.8 cm³/mol. The van der Waals surface area contributed by atoms with Gasteiger partial charge in [-0.25, -0.2) is 9.97 Å². The lowest BCUT2D eigenvalue weighted by Gasteiger charge is -2.13. The van der Waals surface area contributed by atoms with Crippen molar-refractivity contribution in [2.45, 2.75) is 12.5 Å². The van der Waals surface area contributed by atoms with Gasteiger partial charge < -0.3 is 9.53 Å². The summed E-state index contributed by atoms with van der Waals surface area (Å²) in [6.07, 6.45) is 8.83. The van der Waals surface area contributed by atoms with E-state index in [-0.39, 0.29) is 6.10 Å². The maximum Gasteiger partial charge on any atom is 0.316 e. The Bertz CT molecular complexity index is 588. The van der Waals surface area contributed by atoms with Crippen molar-refractivity contribution in [2.24, 2.45) is 0 Å². The van der Waals surface area contributed by atoms with E-state index in [1.54, 1.807) is 24.8 Å². The zero-order chi connectivity index (χ0) is 14.5. The maximum absolute atomic E-state index is 10.5. The predicted octanol–water partition coefficient (Wildman–Crippen LogP) is 1.19. The highest BCUT2D eigenvalue weighted by molar-refractivity contribution is 5.60. The molecule has 0 aliphatic carbocycles. The molecule has 1 aliphatic rings. The van der Waals surface area contributed by atoms with E-state index < -0.39 is 0 Å². The molecule has 1 aliphatic heterocycles. The van der Waals surface area contributed by atoms with Crippen molar-refractivity contribution in [3.05, 3.63) is 36.9 Å². The molecule has 1 atom stereocenters. The molecule has 0 saturated carbocycles. The Morgan fingerprint density at radius 1 is 1.24 bits per heavy atom. The van der Waals surface area contributed by atoms with Gasteiger partial charge in [0.1, 0.15) is 12.4 Å². The van der Waals surface area contributed by atoms with Crippen LogP contribution in [0.1, 0.15) is 6.42 Å².